The highest BCUT2D eigenvalue weighted by Crippen LogP contribution is 2.30. The topological polar surface area (TPSA) is 111 Å². The molecule has 47 heavy (non-hydrogen) atoms. The molecule has 3 N–H and O–H groups in total. The predicted octanol–water partition coefficient (Wildman–Crippen LogP) is 7.11. The van der Waals surface area contributed by atoms with Crippen LogP contribution in [0.2, 0.25) is 0 Å². The molecule has 11 heteroatoms. The minimum absolute atomic E-state index is 0.690. The third-order valence-corrected chi connectivity index (χ3v) is 11.2. The van der Waals surface area contributed by atoms with Gasteiger partial charge >= 0.3 is 0 Å². The highest BCUT2D eigenvalue weighted by molar-refractivity contribution is 14.1. The highest BCUT2D eigenvalue weighted by Gasteiger charge is 2.19. The lowest BCUT2D eigenvalue weighted by Crippen LogP contribution is -2.30. The Morgan fingerprint density at radius 3 is 2.11 bits per heavy atom. The second-order valence-corrected chi connectivity index (χ2v) is 15.2. The maximum atomic E-state index is 5.04. The van der Waals surface area contributed by atoms with Crippen molar-refractivity contribution in [3.63, 3.8) is 0 Å². The molecule has 0 radical (unpaired) electrons. The number of nitrogens with one attached hydrogen (secondary N) is 3. The molecule has 3 aromatic heterocycles. The first-order valence-corrected chi connectivity index (χ1v) is 18.5. The number of nitrogens with zero attached hydrogens (tertiary/aromatic N) is 7. The van der Waals surface area contributed by atoms with E-state index in [1.165, 1.54) is 81.4 Å². The fourth-order valence-corrected chi connectivity index (χ4v) is 7.72. The molecule has 0 spiro atoms. The van der Waals surface area contributed by atoms with Crippen molar-refractivity contribution < 1.29 is 0 Å². The normalized spacial score (nSPS) is 17.0. The number of fused-ring (bicyclic) bond motifs is 1. The van der Waals surface area contributed by atoms with Gasteiger partial charge in [-0.25, -0.2) is 28.0 Å². The average molecular weight is 751 g/mol. The molecule has 10 nitrogen and oxygen atoms in total. The van der Waals surface area contributed by atoms with E-state index < -0.39 is 0 Å². The third-order valence-electron chi connectivity index (χ3n) is 10.2. The summed E-state index contributed by atoms with van der Waals surface area (Å²) in [5, 5.41) is 6.86. The number of H-pyrrole nitrogens is 1. The Hall–Kier alpha value is -2.90. The van der Waals surface area contributed by atoms with Gasteiger partial charge in [0.05, 0.1) is 22.3 Å². The Kier molecular flexibility index (Phi) is 11.6. The zero-order valence-electron chi connectivity index (χ0n) is 28.6. The van der Waals surface area contributed by atoms with Crippen LogP contribution in [0.1, 0.15) is 79.3 Å². The Balaban J connectivity index is 1.03. The largest absolute Gasteiger partial charge is 0.354 e. The van der Waals surface area contributed by atoms with Crippen LogP contribution in [-0.4, -0.2) is 84.2 Å². The van der Waals surface area contributed by atoms with Crippen molar-refractivity contribution in [2.24, 2.45) is 11.8 Å². The number of anilines is 2. The van der Waals surface area contributed by atoms with E-state index in [0.29, 0.717) is 11.9 Å². The molecule has 0 amide bonds. The van der Waals surface area contributed by atoms with Crippen LogP contribution in [0.5, 0.6) is 0 Å². The molecule has 2 saturated heterocycles. The average Bonchev–Trinajstić information content (AvgIpc) is 3.49. The van der Waals surface area contributed by atoms with Crippen LogP contribution in [0.3, 0.4) is 0 Å². The van der Waals surface area contributed by atoms with E-state index in [1.54, 1.807) is 0 Å². The molecule has 2 aliphatic heterocycles. The molecule has 2 aliphatic rings. The van der Waals surface area contributed by atoms with Crippen molar-refractivity contribution in [2.45, 2.75) is 78.6 Å². The predicted molar refractivity (Wildman–Crippen MR) is 200 cm³/mol. The van der Waals surface area contributed by atoms with Gasteiger partial charge in [0.1, 0.15) is 5.82 Å². The number of rotatable bonds is 13. The number of aryl methyl sites for hydroxylation is 3. The van der Waals surface area contributed by atoms with Crippen molar-refractivity contribution in [2.75, 3.05) is 56.9 Å². The van der Waals surface area contributed by atoms with Gasteiger partial charge in [-0.15, -0.1) is 0 Å². The molecule has 6 rings (SSSR count). The van der Waals surface area contributed by atoms with E-state index in [-0.39, 0.29) is 0 Å². The Bertz CT molecular complexity index is 1600. The summed E-state index contributed by atoms with van der Waals surface area (Å²) in [6, 6.07) is 2.20. The summed E-state index contributed by atoms with van der Waals surface area (Å²) in [5.74, 6) is 3.91. The quantitative estimate of drug-likeness (QED) is 0.0748. The second kappa shape index (κ2) is 16.0. The third kappa shape index (κ3) is 8.97. The number of imidazole rings is 1. The van der Waals surface area contributed by atoms with Crippen LogP contribution < -0.4 is 10.6 Å². The van der Waals surface area contributed by atoms with Crippen molar-refractivity contribution in [1.82, 2.24) is 37.9 Å². The molecule has 0 atom stereocenters. The lowest BCUT2D eigenvalue weighted by molar-refractivity contribution is 0.211. The van der Waals surface area contributed by atoms with Gasteiger partial charge in [-0.1, -0.05) is 0 Å². The van der Waals surface area contributed by atoms with E-state index in [2.05, 4.69) is 88.4 Å². The number of likely N-dealkylation sites (tertiary alicyclic amines) is 1. The summed E-state index contributed by atoms with van der Waals surface area (Å²) in [6.45, 7) is 13.1. The summed E-state index contributed by atoms with van der Waals surface area (Å²) in [4.78, 5) is 29.7. The van der Waals surface area contributed by atoms with Gasteiger partial charge in [0.25, 0.3) is 0 Å². The number of aromatic amines is 1. The summed E-state index contributed by atoms with van der Waals surface area (Å²) in [7, 11) is 2.22. The molecule has 0 saturated carbocycles. The van der Waals surface area contributed by atoms with Gasteiger partial charge in [-0.05, 0) is 132 Å². The summed E-state index contributed by atoms with van der Waals surface area (Å²) in [6.07, 6.45) is 16.7. The molecule has 252 valence electrons. The van der Waals surface area contributed by atoms with E-state index in [4.69, 9.17) is 9.97 Å². The zero-order valence-corrected chi connectivity index (χ0v) is 30.7. The lowest BCUT2D eigenvalue weighted by atomic mass is 9.92. The van der Waals surface area contributed by atoms with Crippen LogP contribution in [0.4, 0.5) is 11.9 Å². The first-order chi connectivity index (χ1) is 22.8. The lowest BCUT2D eigenvalue weighted by Gasteiger charge is -2.28. The molecule has 2 fully saturated rings. The summed E-state index contributed by atoms with van der Waals surface area (Å²) in [5.41, 5.74) is 8.64. The number of halogens is 1. The first-order valence-electron chi connectivity index (χ1n) is 17.5. The van der Waals surface area contributed by atoms with Gasteiger partial charge < -0.3 is 20.5 Å². The second-order valence-electron chi connectivity index (χ2n) is 13.8. The van der Waals surface area contributed by atoms with Crippen molar-refractivity contribution in [1.29, 1.82) is 0 Å². The Morgan fingerprint density at radius 2 is 1.45 bits per heavy atom. The SMILES string of the molecule is Cc1cc2[nH]c(-c3cnc(NCCCC4CCN(I)CC4)nc3C)nc2c(C)c1Cc1cnc(NCCCC2CCN(C)CC2)nc1. The minimum Gasteiger partial charge on any atom is -0.354 e. The van der Waals surface area contributed by atoms with Crippen molar-refractivity contribution in [3.8, 4) is 11.4 Å². The van der Waals surface area contributed by atoms with Crippen molar-refractivity contribution >= 4 is 45.8 Å². The fraction of sp³-hybridized carbons (Fsp3) is 0.583. The first kappa shape index (κ1) is 34.0. The number of piperidine rings is 2. The van der Waals surface area contributed by atoms with Crippen LogP contribution >= 0.6 is 22.9 Å². The minimum atomic E-state index is 0.690. The summed E-state index contributed by atoms with van der Waals surface area (Å²) < 4.78 is 2.40. The number of aromatic nitrogens is 6. The van der Waals surface area contributed by atoms with E-state index >= 15 is 0 Å². The molecular formula is C36H51IN10. The molecular weight excluding hydrogens is 699 g/mol. The van der Waals surface area contributed by atoms with Crippen LogP contribution in [0.25, 0.3) is 22.4 Å². The van der Waals surface area contributed by atoms with E-state index in [1.807, 2.05) is 25.5 Å². The van der Waals surface area contributed by atoms with E-state index in [0.717, 1.165) is 77.9 Å². The maximum Gasteiger partial charge on any atom is 0.222 e. The smallest absolute Gasteiger partial charge is 0.222 e. The number of hydrogen-bond acceptors (Lipinski definition) is 9. The van der Waals surface area contributed by atoms with Gasteiger partial charge in [0.15, 0.2) is 0 Å². The Labute approximate surface area is 293 Å². The molecule has 0 aliphatic carbocycles. The Morgan fingerprint density at radius 1 is 0.830 bits per heavy atom. The van der Waals surface area contributed by atoms with Crippen LogP contribution in [0.15, 0.2) is 24.7 Å². The van der Waals surface area contributed by atoms with Gasteiger partial charge in [0.2, 0.25) is 11.9 Å². The zero-order chi connectivity index (χ0) is 32.8. The molecule has 0 bridgehead atoms. The van der Waals surface area contributed by atoms with Gasteiger partial charge in [0, 0.05) is 74.1 Å². The summed E-state index contributed by atoms with van der Waals surface area (Å²) >= 11 is 2.44. The van der Waals surface area contributed by atoms with Crippen LogP contribution in [-0.2, 0) is 6.42 Å². The van der Waals surface area contributed by atoms with Gasteiger partial charge in [-0.2, -0.15) is 0 Å². The number of benzene rings is 1. The molecule has 4 aromatic rings. The molecule has 0 unspecified atom stereocenters. The van der Waals surface area contributed by atoms with Gasteiger partial charge in [-0.3, -0.25) is 0 Å². The highest BCUT2D eigenvalue weighted by atomic mass is 127. The van der Waals surface area contributed by atoms with E-state index in [9.17, 15) is 0 Å². The van der Waals surface area contributed by atoms with Crippen molar-refractivity contribution in [3.05, 3.63) is 52.6 Å². The van der Waals surface area contributed by atoms with Crippen LogP contribution in [0, 0.1) is 32.6 Å². The fourth-order valence-electron chi connectivity index (χ4n) is 7.17. The molecule has 5 heterocycles. The monoisotopic (exact) mass is 750 g/mol. The standard InChI is InChI=1S/C36H51IN10/c1-24-19-32-33(25(2)30(24)20-29-21-40-35(41-22-29)38-13-5-7-27-9-15-46(4)16-10-27)45-34(44-32)31-23-42-36(43-26(31)3)39-14-6-8-28-11-17-47(37)18-12-28/h19,21-23,27-28H,5-18,20H2,1-4H3,(H,44,45)(H,38,40,41)(H,39,42,43). The number of hydrogen-bond donors (Lipinski definition) is 3. The molecule has 1 aromatic carbocycles. The maximum absolute atomic E-state index is 5.04.